The van der Waals surface area contributed by atoms with Crippen LogP contribution in [0.2, 0.25) is 0 Å². The summed E-state index contributed by atoms with van der Waals surface area (Å²) in [5.74, 6) is 0.868. The normalized spacial score (nSPS) is 18.9. The Morgan fingerprint density at radius 2 is 2.45 bits per heavy atom. The van der Waals surface area contributed by atoms with Gasteiger partial charge in [-0.05, 0) is 19.1 Å². The van der Waals surface area contributed by atoms with Gasteiger partial charge in [-0.3, -0.25) is 0 Å². The lowest BCUT2D eigenvalue weighted by Crippen LogP contribution is -2.34. The van der Waals surface area contributed by atoms with Gasteiger partial charge in [-0.1, -0.05) is 6.07 Å². The van der Waals surface area contributed by atoms with E-state index in [1.165, 1.54) is 0 Å². The molecule has 0 aliphatic carbocycles. The summed E-state index contributed by atoms with van der Waals surface area (Å²) in [4.78, 5) is 4.26. The van der Waals surface area contributed by atoms with Crippen LogP contribution in [0.25, 0.3) is 5.69 Å². The average molecular weight is 273 g/mol. The average Bonchev–Trinajstić information content (AvgIpc) is 2.98. The van der Waals surface area contributed by atoms with Gasteiger partial charge in [-0.2, -0.15) is 0 Å². The molecule has 1 atom stereocenters. The summed E-state index contributed by atoms with van der Waals surface area (Å²) >= 11 is 0. The van der Waals surface area contributed by atoms with E-state index in [9.17, 15) is 0 Å². The van der Waals surface area contributed by atoms with E-state index in [1.54, 1.807) is 0 Å². The van der Waals surface area contributed by atoms with Crippen LogP contribution in [0.3, 0.4) is 0 Å². The summed E-state index contributed by atoms with van der Waals surface area (Å²) in [5, 5.41) is 3.34. The van der Waals surface area contributed by atoms with Gasteiger partial charge in [-0.15, -0.1) is 0 Å². The highest BCUT2D eigenvalue weighted by Crippen LogP contribution is 2.24. The maximum Gasteiger partial charge on any atom is 0.121 e. The number of morpholine rings is 1. The molecule has 0 radical (unpaired) electrons. The molecule has 0 bridgehead atoms. The maximum atomic E-state index is 5.81. The van der Waals surface area contributed by atoms with Crippen molar-refractivity contribution in [1.82, 2.24) is 14.9 Å². The minimum atomic E-state index is 0.0435. The Kier molecular flexibility index (Phi) is 3.99. The second kappa shape index (κ2) is 6.07. The number of imidazole rings is 1. The van der Waals surface area contributed by atoms with Crippen LogP contribution in [0.5, 0.6) is 5.75 Å². The van der Waals surface area contributed by atoms with Gasteiger partial charge in [0.2, 0.25) is 0 Å². The van der Waals surface area contributed by atoms with Crippen LogP contribution in [0.1, 0.15) is 18.7 Å². The standard InChI is InChI=1S/C15H19N3O2/c1-2-19-13-5-3-4-12(8-13)18-11-17-9-14(18)15-10-16-6-7-20-15/h3-5,8-9,11,15-16H,2,6-7,10H2,1H3. The van der Waals surface area contributed by atoms with Crippen LogP contribution < -0.4 is 10.1 Å². The second-order valence-corrected chi connectivity index (χ2v) is 4.68. The molecule has 5 heteroatoms. The van der Waals surface area contributed by atoms with Crippen molar-refractivity contribution in [1.29, 1.82) is 0 Å². The fraction of sp³-hybridized carbons (Fsp3) is 0.400. The third-order valence-electron chi connectivity index (χ3n) is 3.33. The van der Waals surface area contributed by atoms with Gasteiger partial charge in [0.05, 0.1) is 37.1 Å². The van der Waals surface area contributed by atoms with Gasteiger partial charge in [-0.25, -0.2) is 4.98 Å². The van der Waals surface area contributed by atoms with Crippen molar-refractivity contribution in [2.75, 3.05) is 26.3 Å². The molecule has 0 spiro atoms. The lowest BCUT2D eigenvalue weighted by Gasteiger charge is -2.24. The topological polar surface area (TPSA) is 48.3 Å². The molecule has 0 saturated carbocycles. The molecule has 5 nitrogen and oxygen atoms in total. The zero-order valence-corrected chi connectivity index (χ0v) is 11.6. The molecule has 106 valence electrons. The fourth-order valence-electron chi connectivity index (χ4n) is 2.40. The van der Waals surface area contributed by atoms with Crippen LogP contribution in [-0.4, -0.2) is 35.9 Å². The second-order valence-electron chi connectivity index (χ2n) is 4.68. The Bertz CT molecular complexity index is 562. The van der Waals surface area contributed by atoms with Crippen molar-refractivity contribution < 1.29 is 9.47 Å². The maximum absolute atomic E-state index is 5.81. The molecular formula is C15H19N3O2. The van der Waals surface area contributed by atoms with Crippen molar-refractivity contribution in [2.24, 2.45) is 0 Å². The van der Waals surface area contributed by atoms with E-state index >= 15 is 0 Å². The van der Waals surface area contributed by atoms with Crippen molar-refractivity contribution in [2.45, 2.75) is 13.0 Å². The first kappa shape index (κ1) is 13.1. The van der Waals surface area contributed by atoms with Crippen molar-refractivity contribution in [3.8, 4) is 11.4 Å². The Morgan fingerprint density at radius 3 is 3.25 bits per heavy atom. The van der Waals surface area contributed by atoms with Crippen LogP contribution in [-0.2, 0) is 4.74 Å². The summed E-state index contributed by atoms with van der Waals surface area (Å²) in [5.41, 5.74) is 2.10. The molecule has 1 N–H and O–H groups in total. The van der Waals surface area contributed by atoms with E-state index in [0.29, 0.717) is 6.61 Å². The number of hydrogen-bond donors (Lipinski definition) is 1. The number of nitrogens with zero attached hydrogens (tertiary/aromatic N) is 2. The number of nitrogens with one attached hydrogen (secondary N) is 1. The minimum Gasteiger partial charge on any atom is -0.494 e. The first-order chi connectivity index (χ1) is 9.88. The van der Waals surface area contributed by atoms with E-state index in [2.05, 4.69) is 14.9 Å². The molecule has 2 heterocycles. The third-order valence-corrected chi connectivity index (χ3v) is 3.33. The molecule has 1 aliphatic rings. The molecule has 1 aromatic heterocycles. The monoisotopic (exact) mass is 273 g/mol. The summed E-state index contributed by atoms with van der Waals surface area (Å²) < 4.78 is 13.4. The first-order valence-corrected chi connectivity index (χ1v) is 6.96. The number of aromatic nitrogens is 2. The highest BCUT2D eigenvalue weighted by molar-refractivity contribution is 5.40. The molecule has 2 aromatic rings. The number of rotatable bonds is 4. The summed E-state index contributed by atoms with van der Waals surface area (Å²) in [7, 11) is 0. The molecule has 3 rings (SSSR count). The summed E-state index contributed by atoms with van der Waals surface area (Å²) in [6.07, 6.45) is 3.73. The number of hydrogen-bond acceptors (Lipinski definition) is 4. The van der Waals surface area contributed by atoms with Crippen molar-refractivity contribution in [3.05, 3.63) is 42.5 Å². The molecule has 1 aliphatic heterocycles. The molecule has 1 fully saturated rings. The predicted molar refractivity (Wildman–Crippen MR) is 76.3 cm³/mol. The van der Waals surface area contributed by atoms with E-state index in [-0.39, 0.29) is 6.10 Å². The largest absolute Gasteiger partial charge is 0.494 e. The Hall–Kier alpha value is -1.85. The van der Waals surface area contributed by atoms with E-state index in [4.69, 9.17) is 9.47 Å². The highest BCUT2D eigenvalue weighted by Gasteiger charge is 2.20. The van der Waals surface area contributed by atoms with Crippen LogP contribution in [0.15, 0.2) is 36.8 Å². The molecule has 20 heavy (non-hydrogen) atoms. The Morgan fingerprint density at radius 1 is 1.50 bits per heavy atom. The van der Waals surface area contributed by atoms with Gasteiger partial charge < -0.3 is 19.4 Å². The van der Waals surface area contributed by atoms with E-state index in [0.717, 1.165) is 36.8 Å². The number of benzene rings is 1. The molecular weight excluding hydrogens is 254 g/mol. The van der Waals surface area contributed by atoms with Gasteiger partial charge in [0, 0.05) is 19.2 Å². The van der Waals surface area contributed by atoms with Gasteiger partial charge in [0.25, 0.3) is 0 Å². The third kappa shape index (κ3) is 2.69. The van der Waals surface area contributed by atoms with Crippen LogP contribution in [0, 0.1) is 0 Å². The highest BCUT2D eigenvalue weighted by atomic mass is 16.5. The Balaban J connectivity index is 1.90. The number of ether oxygens (including phenoxy) is 2. The zero-order valence-electron chi connectivity index (χ0n) is 11.6. The molecule has 1 aromatic carbocycles. The molecule has 1 saturated heterocycles. The summed E-state index contributed by atoms with van der Waals surface area (Å²) in [6.45, 7) is 5.10. The summed E-state index contributed by atoms with van der Waals surface area (Å²) in [6, 6.07) is 8.02. The zero-order chi connectivity index (χ0) is 13.8. The minimum absolute atomic E-state index is 0.0435. The smallest absolute Gasteiger partial charge is 0.121 e. The van der Waals surface area contributed by atoms with Crippen molar-refractivity contribution >= 4 is 0 Å². The first-order valence-electron chi connectivity index (χ1n) is 6.96. The van der Waals surface area contributed by atoms with Crippen LogP contribution in [0.4, 0.5) is 0 Å². The predicted octanol–water partition coefficient (Wildman–Crippen LogP) is 1.93. The van der Waals surface area contributed by atoms with Gasteiger partial charge >= 0.3 is 0 Å². The van der Waals surface area contributed by atoms with Gasteiger partial charge in [0.1, 0.15) is 11.9 Å². The Labute approximate surface area is 118 Å². The van der Waals surface area contributed by atoms with Gasteiger partial charge in [0.15, 0.2) is 0 Å². The quantitative estimate of drug-likeness (QED) is 0.924. The van der Waals surface area contributed by atoms with Crippen molar-refractivity contribution in [3.63, 3.8) is 0 Å². The van der Waals surface area contributed by atoms with Crippen LogP contribution >= 0.6 is 0 Å². The molecule has 0 amide bonds. The SMILES string of the molecule is CCOc1cccc(-n2cncc2C2CNCCO2)c1. The lowest BCUT2D eigenvalue weighted by molar-refractivity contribution is 0.0240. The van der Waals surface area contributed by atoms with E-state index < -0.39 is 0 Å². The molecule has 1 unspecified atom stereocenters. The lowest BCUT2D eigenvalue weighted by atomic mass is 10.2. The van der Waals surface area contributed by atoms with E-state index in [1.807, 2.05) is 43.7 Å². The fourth-order valence-corrected chi connectivity index (χ4v) is 2.40.